The molecule has 1 aliphatic heterocycles. The van der Waals surface area contributed by atoms with Gasteiger partial charge in [-0.15, -0.1) is 0 Å². The van der Waals surface area contributed by atoms with Crippen molar-refractivity contribution in [2.24, 2.45) is 10.2 Å². The van der Waals surface area contributed by atoms with Gasteiger partial charge < -0.3 is 0 Å². The molecule has 0 fully saturated rings. The first-order valence-corrected chi connectivity index (χ1v) is 12.1. The van der Waals surface area contributed by atoms with Gasteiger partial charge >= 0.3 is 0 Å². The summed E-state index contributed by atoms with van der Waals surface area (Å²) in [5.74, 6) is -0.268. The minimum absolute atomic E-state index is 0.120. The minimum atomic E-state index is -0.268. The molecular formula is C29H23BrN4O. The average Bonchev–Trinajstić information content (AvgIpc) is 3.36. The molecule has 5 nitrogen and oxygen atoms in total. The van der Waals surface area contributed by atoms with Crippen LogP contribution in [0.4, 0.5) is 5.69 Å². The summed E-state index contributed by atoms with van der Waals surface area (Å²) < 4.78 is 0.728. The summed E-state index contributed by atoms with van der Waals surface area (Å²) in [6.07, 6.45) is 2.47. The van der Waals surface area contributed by atoms with Crippen LogP contribution >= 0.6 is 15.9 Å². The van der Waals surface area contributed by atoms with Gasteiger partial charge in [0.1, 0.15) is 0 Å². The lowest BCUT2D eigenvalue weighted by Crippen LogP contribution is -2.18. The number of hydrazone groups is 2. The molecular weight excluding hydrogens is 500 g/mol. The van der Waals surface area contributed by atoms with E-state index in [0.717, 1.165) is 33.4 Å². The molecule has 0 aliphatic carbocycles. The van der Waals surface area contributed by atoms with E-state index in [9.17, 15) is 4.79 Å². The Morgan fingerprint density at radius 1 is 0.886 bits per heavy atom. The van der Waals surface area contributed by atoms with Gasteiger partial charge in [0, 0.05) is 10.9 Å². The first-order chi connectivity index (χ1) is 17.2. The van der Waals surface area contributed by atoms with E-state index in [4.69, 9.17) is 5.10 Å². The first kappa shape index (κ1) is 22.7. The second-order valence-corrected chi connectivity index (χ2v) is 9.01. The van der Waals surface area contributed by atoms with Crippen LogP contribution in [0.3, 0.4) is 0 Å². The third-order valence-electron chi connectivity index (χ3n) is 5.86. The molecule has 0 saturated heterocycles. The number of carbonyl (C=O) groups is 1. The van der Waals surface area contributed by atoms with Gasteiger partial charge in [-0.25, -0.2) is 5.43 Å². The summed E-state index contributed by atoms with van der Waals surface area (Å²) in [5.41, 5.74) is 8.43. The first-order valence-electron chi connectivity index (χ1n) is 11.3. The van der Waals surface area contributed by atoms with Crippen LogP contribution in [0.5, 0.6) is 0 Å². The van der Waals surface area contributed by atoms with Gasteiger partial charge in [0.15, 0.2) is 0 Å². The molecule has 1 unspecified atom stereocenters. The van der Waals surface area contributed by atoms with Crippen molar-refractivity contribution < 1.29 is 4.79 Å². The summed E-state index contributed by atoms with van der Waals surface area (Å²) in [4.78, 5) is 12.3. The van der Waals surface area contributed by atoms with Gasteiger partial charge in [-0.1, -0.05) is 84.9 Å². The highest BCUT2D eigenvalue weighted by Gasteiger charge is 2.29. The maximum atomic E-state index is 12.3. The fourth-order valence-electron chi connectivity index (χ4n) is 4.07. The van der Waals surface area contributed by atoms with E-state index >= 15 is 0 Å². The summed E-state index contributed by atoms with van der Waals surface area (Å²) in [6.45, 7) is 0. The van der Waals surface area contributed by atoms with E-state index in [-0.39, 0.29) is 11.9 Å². The van der Waals surface area contributed by atoms with E-state index in [2.05, 4.69) is 67.9 Å². The van der Waals surface area contributed by atoms with Crippen molar-refractivity contribution >= 4 is 39.5 Å². The Hall–Kier alpha value is -4.03. The van der Waals surface area contributed by atoms with Gasteiger partial charge in [0.2, 0.25) is 0 Å². The van der Waals surface area contributed by atoms with Crippen LogP contribution in [0.1, 0.15) is 39.5 Å². The molecule has 0 bridgehead atoms. The molecule has 1 heterocycles. The predicted molar refractivity (Wildman–Crippen MR) is 145 cm³/mol. The highest BCUT2D eigenvalue weighted by molar-refractivity contribution is 9.10. The van der Waals surface area contributed by atoms with Crippen LogP contribution in [0.2, 0.25) is 0 Å². The molecule has 4 aromatic rings. The third kappa shape index (κ3) is 5.23. The topological polar surface area (TPSA) is 57.1 Å². The Morgan fingerprint density at radius 2 is 1.54 bits per heavy atom. The van der Waals surface area contributed by atoms with Crippen LogP contribution in [0.25, 0.3) is 0 Å². The maximum absolute atomic E-state index is 12.3. The molecule has 1 N–H and O–H groups in total. The number of carbonyl (C=O) groups excluding carboxylic acids is 1. The SMILES string of the molecule is O=C(NN=Cc1ccc(N2N=C(c3ccccc3)CC2c2ccccc2)cc1)c1ccccc1Br. The molecule has 35 heavy (non-hydrogen) atoms. The fourth-order valence-corrected chi connectivity index (χ4v) is 4.54. The second kappa shape index (κ2) is 10.5. The molecule has 1 aliphatic rings. The van der Waals surface area contributed by atoms with Gasteiger partial charge in [0.05, 0.1) is 29.2 Å². The molecule has 0 spiro atoms. The lowest BCUT2D eigenvalue weighted by molar-refractivity contribution is 0.0954. The largest absolute Gasteiger partial charge is 0.272 e. The number of halogens is 1. The van der Waals surface area contributed by atoms with Gasteiger partial charge in [0.25, 0.3) is 5.91 Å². The van der Waals surface area contributed by atoms with Gasteiger partial charge in [-0.05, 0) is 56.9 Å². The minimum Gasteiger partial charge on any atom is -0.267 e. The van der Waals surface area contributed by atoms with Crippen molar-refractivity contribution in [3.63, 3.8) is 0 Å². The molecule has 1 amide bonds. The summed E-state index contributed by atoms with van der Waals surface area (Å²) in [5, 5.41) is 11.2. The molecule has 0 aromatic heterocycles. The zero-order valence-corrected chi connectivity index (χ0v) is 20.5. The zero-order chi connectivity index (χ0) is 24.0. The Labute approximate surface area is 212 Å². The predicted octanol–water partition coefficient (Wildman–Crippen LogP) is 6.57. The number of amides is 1. The number of rotatable bonds is 6. The van der Waals surface area contributed by atoms with Crippen molar-refractivity contribution in [2.75, 3.05) is 5.01 Å². The number of nitrogens with one attached hydrogen (secondary N) is 1. The molecule has 1 atom stereocenters. The highest BCUT2D eigenvalue weighted by atomic mass is 79.9. The van der Waals surface area contributed by atoms with Gasteiger partial charge in [-0.3, -0.25) is 9.80 Å². The molecule has 172 valence electrons. The summed E-state index contributed by atoms with van der Waals surface area (Å²) in [7, 11) is 0. The summed E-state index contributed by atoms with van der Waals surface area (Å²) >= 11 is 3.39. The maximum Gasteiger partial charge on any atom is 0.272 e. The molecule has 0 saturated carbocycles. The Kier molecular flexibility index (Phi) is 6.82. The monoisotopic (exact) mass is 522 g/mol. The van der Waals surface area contributed by atoms with Crippen LogP contribution in [0.15, 0.2) is 124 Å². The number of benzene rings is 4. The van der Waals surface area contributed by atoms with Crippen molar-refractivity contribution in [3.05, 3.63) is 136 Å². The number of nitrogens with zero attached hydrogens (tertiary/aromatic N) is 3. The van der Waals surface area contributed by atoms with E-state index in [1.165, 1.54) is 5.56 Å². The van der Waals surface area contributed by atoms with E-state index in [1.54, 1.807) is 12.3 Å². The second-order valence-electron chi connectivity index (χ2n) is 8.16. The third-order valence-corrected chi connectivity index (χ3v) is 6.55. The molecule has 5 rings (SSSR count). The van der Waals surface area contributed by atoms with Crippen LogP contribution in [-0.2, 0) is 0 Å². The van der Waals surface area contributed by atoms with E-state index < -0.39 is 0 Å². The number of hydrogen-bond acceptors (Lipinski definition) is 4. The lowest BCUT2D eigenvalue weighted by atomic mass is 9.98. The zero-order valence-electron chi connectivity index (χ0n) is 18.9. The van der Waals surface area contributed by atoms with E-state index in [1.807, 2.05) is 66.7 Å². The Bertz CT molecular complexity index is 1370. The molecule has 0 radical (unpaired) electrons. The van der Waals surface area contributed by atoms with Crippen LogP contribution < -0.4 is 10.4 Å². The van der Waals surface area contributed by atoms with Crippen molar-refractivity contribution in [1.82, 2.24) is 5.43 Å². The Balaban J connectivity index is 1.34. The fraction of sp³-hybridized carbons (Fsp3) is 0.0690. The lowest BCUT2D eigenvalue weighted by Gasteiger charge is -2.24. The van der Waals surface area contributed by atoms with Crippen LogP contribution in [-0.4, -0.2) is 17.8 Å². The Morgan fingerprint density at radius 3 is 2.26 bits per heavy atom. The van der Waals surface area contributed by atoms with Crippen molar-refractivity contribution in [2.45, 2.75) is 12.5 Å². The smallest absolute Gasteiger partial charge is 0.267 e. The number of hydrogen-bond donors (Lipinski definition) is 1. The number of anilines is 1. The normalized spacial score (nSPS) is 15.3. The quantitative estimate of drug-likeness (QED) is 0.230. The summed E-state index contributed by atoms with van der Waals surface area (Å²) in [6, 6.07) is 36.1. The van der Waals surface area contributed by atoms with Crippen molar-refractivity contribution in [3.8, 4) is 0 Å². The molecule has 4 aromatic carbocycles. The highest BCUT2D eigenvalue weighted by Crippen LogP contribution is 2.36. The van der Waals surface area contributed by atoms with Crippen molar-refractivity contribution in [1.29, 1.82) is 0 Å². The van der Waals surface area contributed by atoms with E-state index in [0.29, 0.717) is 5.56 Å². The average molecular weight is 523 g/mol. The molecule has 6 heteroatoms. The standard InChI is InChI=1S/C29H23BrN4O/c30-26-14-8-7-13-25(26)29(35)32-31-20-21-15-17-24(18-16-21)34-28(23-11-5-2-6-12-23)19-27(33-34)22-9-3-1-4-10-22/h1-18,20,28H,19H2,(H,32,35). The van der Waals surface area contributed by atoms with Gasteiger partial charge in [-0.2, -0.15) is 10.2 Å². The van der Waals surface area contributed by atoms with Crippen LogP contribution in [0, 0.1) is 0 Å².